The van der Waals surface area contributed by atoms with Gasteiger partial charge in [0, 0.05) is 43.0 Å². The molecule has 0 fully saturated rings. The molecule has 0 saturated carbocycles. The summed E-state index contributed by atoms with van der Waals surface area (Å²) in [7, 11) is 0. The number of fused-ring (bicyclic) bond motifs is 1. The molecule has 0 radical (unpaired) electrons. The molecular weight excluding hydrogens is 216 g/mol. The summed E-state index contributed by atoms with van der Waals surface area (Å²) in [6, 6.07) is -0.0737. The van der Waals surface area contributed by atoms with Crippen molar-refractivity contribution in [2.45, 2.75) is 31.8 Å². The SMILES string of the molecule is N[C@@H](CO)CCCN1CCc2ncncc2C1. The highest BCUT2D eigenvalue weighted by Crippen LogP contribution is 2.15. The third-order valence-electron chi connectivity index (χ3n) is 3.22. The van der Waals surface area contributed by atoms with Gasteiger partial charge in [-0.15, -0.1) is 0 Å². The molecule has 17 heavy (non-hydrogen) atoms. The van der Waals surface area contributed by atoms with Crippen LogP contribution in [0.2, 0.25) is 0 Å². The molecular formula is C12H20N4O. The summed E-state index contributed by atoms with van der Waals surface area (Å²) in [6.45, 7) is 3.10. The van der Waals surface area contributed by atoms with E-state index in [0.717, 1.165) is 38.9 Å². The van der Waals surface area contributed by atoms with E-state index in [-0.39, 0.29) is 12.6 Å². The van der Waals surface area contributed by atoms with Crippen molar-refractivity contribution in [2.24, 2.45) is 5.73 Å². The van der Waals surface area contributed by atoms with Crippen molar-refractivity contribution >= 4 is 0 Å². The number of nitrogens with zero attached hydrogens (tertiary/aromatic N) is 3. The first kappa shape index (κ1) is 12.4. The van der Waals surface area contributed by atoms with Crippen molar-refractivity contribution < 1.29 is 5.11 Å². The Bertz CT molecular complexity index is 358. The maximum Gasteiger partial charge on any atom is 0.115 e. The van der Waals surface area contributed by atoms with Crippen molar-refractivity contribution in [1.29, 1.82) is 0 Å². The number of hydrogen-bond acceptors (Lipinski definition) is 5. The fourth-order valence-electron chi connectivity index (χ4n) is 2.18. The van der Waals surface area contributed by atoms with Crippen molar-refractivity contribution in [3.05, 3.63) is 23.8 Å². The number of aliphatic hydroxyl groups excluding tert-OH is 1. The average Bonchev–Trinajstić information content (AvgIpc) is 2.38. The molecule has 2 rings (SSSR count). The maximum atomic E-state index is 8.85. The lowest BCUT2D eigenvalue weighted by molar-refractivity contribution is 0.226. The number of rotatable bonds is 5. The first-order valence-corrected chi connectivity index (χ1v) is 6.16. The minimum atomic E-state index is -0.0737. The quantitative estimate of drug-likeness (QED) is 0.749. The van der Waals surface area contributed by atoms with E-state index in [1.165, 1.54) is 11.3 Å². The lowest BCUT2D eigenvalue weighted by atomic mass is 10.1. The van der Waals surface area contributed by atoms with Gasteiger partial charge in [0.15, 0.2) is 0 Å². The van der Waals surface area contributed by atoms with E-state index in [4.69, 9.17) is 10.8 Å². The smallest absolute Gasteiger partial charge is 0.115 e. The first-order valence-electron chi connectivity index (χ1n) is 6.16. The van der Waals surface area contributed by atoms with Gasteiger partial charge in [-0.05, 0) is 19.4 Å². The predicted molar refractivity (Wildman–Crippen MR) is 65.3 cm³/mol. The summed E-state index contributed by atoms with van der Waals surface area (Å²) in [5, 5.41) is 8.85. The van der Waals surface area contributed by atoms with Crippen LogP contribution < -0.4 is 5.73 Å². The number of aromatic nitrogens is 2. The Hall–Kier alpha value is -1.04. The van der Waals surface area contributed by atoms with Crippen molar-refractivity contribution in [3.8, 4) is 0 Å². The van der Waals surface area contributed by atoms with Crippen molar-refractivity contribution in [3.63, 3.8) is 0 Å². The summed E-state index contributed by atoms with van der Waals surface area (Å²) in [5.74, 6) is 0. The van der Waals surface area contributed by atoms with Gasteiger partial charge < -0.3 is 10.8 Å². The zero-order valence-corrected chi connectivity index (χ0v) is 10.0. The molecule has 0 bridgehead atoms. The number of hydrogen-bond donors (Lipinski definition) is 2. The van der Waals surface area contributed by atoms with Crippen LogP contribution in [0.25, 0.3) is 0 Å². The summed E-state index contributed by atoms with van der Waals surface area (Å²) >= 11 is 0. The molecule has 5 nitrogen and oxygen atoms in total. The Morgan fingerprint density at radius 2 is 2.41 bits per heavy atom. The summed E-state index contributed by atoms with van der Waals surface area (Å²) < 4.78 is 0. The normalized spacial score (nSPS) is 17.8. The van der Waals surface area contributed by atoms with Crippen LogP contribution >= 0.6 is 0 Å². The Morgan fingerprint density at radius 1 is 1.53 bits per heavy atom. The van der Waals surface area contributed by atoms with Crippen molar-refractivity contribution in [1.82, 2.24) is 14.9 Å². The van der Waals surface area contributed by atoms with Crippen LogP contribution in [-0.4, -0.2) is 45.7 Å². The van der Waals surface area contributed by atoms with Gasteiger partial charge in [0.1, 0.15) is 6.33 Å². The molecule has 1 aromatic rings. The molecule has 5 heteroatoms. The maximum absolute atomic E-state index is 8.85. The van der Waals surface area contributed by atoms with Gasteiger partial charge in [-0.2, -0.15) is 0 Å². The summed E-state index contributed by atoms with van der Waals surface area (Å²) in [6.07, 6.45) is 6.45. The van der Waals surface area contributed by atoms with Crippen molar-refractivity contribution in [2.75, 3.05) is 19.7 Å². The Morgan fingerprint density at radius 3 is 3.24 bits per heavy atom. The van der Waals surface area contributed by atoms with Crippen LogP contribution in [0.15, 0.2) is 12.5 Å². The Labute approximate surface area is 102 Å². The lowest BCUT2D eigenvalue weighted by Gasteiger charge is -2.27. The highest BCUT2D eigenvalue weighted by Gasteiger charge is 2.16. The lowest BCUT2D eigenvalue weighted by Crippen LogP contribution is -2.33. The third kappa shape index (κ3) is 3.46. The average molecular weight is 236 g/mol. The largest absolute Gasteiger partial charge is 0.395 e. The monoisotopic (exact) mass is 236 g/mol. The third-order valence-corrected chi connectivity index (χ3v) is 3.22. The molecule has 0 aliphatic carbocycles. The minimum absolute atomic E-state index is 0.0737. The molecule has 0 aromatic carbocycles. The zero-order chi connectivity index (χ0) is 12.1. The van der Waals surface area contributed by atoms with Gasteiger partial charge in [0.25, 0.3) is 0 Å². The van der Waals surface area contributed by atoms with Crippen LogP contribution in [0.5, 0.6) is 0 Å². The molecule has 0 unspecified atom stereocenters. The highest BCUT2D eigenvalue weighted by atomic mass is 16.3. The molecule has 0 amide bonds. The van der Waals surface area contributed by atoms with E-state index in [2.05, 4.69) is 14.9 Å². The van der Waals surface area contributed by atoms with Crippen LogP contribution in [-0.2, 0) is 13.0 Å². The van der Waals surface area contributed by atoms with Crippen LogP contribution in [0.3, 0.4) is 0 Å². The number of nitrogens with two attached hydrogens (primary N) is 1. The van der Waals surface area contributed by atoms with E-state index in [0.29, 0.717) is 0 Å². The van der Waals surface area contributed by atoms with E-state index in [1.54, 1.807) is 6.33 Å². The first-order chi connectivity index (χ1) is 8.29. The fourth-order valence-corrected chi connectivity index (χ4v) is 2.18. The highest BCUT2D eigenvalue weighted by molar-refractivity contribution is 5.18. The zero-order valence-electron chi connectivity index (χ0n) is 10.0. The van der Waals surface area contributed by atoms with Gasteiger partial charge in [-0.25, -0.2) is 9.97 Å². The second kappa shape index (κ2) is 6.05. The van der Waals surface area contributed by atoms with Gasteiger partial charge >= 0.3 is 0 Å². The molecule has 94 valence electrons. The minimum Gasteiger partial charge on any atom is -0.395 e. The molecule has 0 spiro atoms. The van der Waals surface area contributed by atoms with Gasteiger partial charge in [-0.3, -0.25) is 4.90 Å². The van der Waals surface area contributed by atoms with Crippen LogP contribution in [0.1, 0.15) is 24.1 Å². The molecule has 1 aliphatic rings. The van der Waals surface area contributed by atoms with E-state index in [9.17, 15) is 0 Å². The topological polar surface area (TPSA) is 75.3 Å². The van der Waals surface area contributed by atoms with Gasteiger partial charge in [0.05, 0.1) is 6.61 Å². The van der Waals surface area contributed by atoms with E-state index >= 15 is 0 Å². The standard InChI is InChI=1S/C12H20N4O/c13-11(8-17)2-1-4-16-5-3-12-10(7-16)6-14-9-15-12/h6,9,11,17H,1-5,7-8,13H2/t11-/m1/s1. The molecule has 0 saturated heterocycles. The Balaban J connectivity index is 1.78. The van der Waals surface area contributed by atoms with E-state index in [1.807, 2.05) is 6.20 Å². The molecule has 1 aromatic heterocycles. The molecule has 1 aliphatic heterocycles. The van der Waals surface area contributed by atoms with Gasteiger partial charge in [-0.1, -0.05) is 0 Å². The van der Waals surface area contributed by atoms with Crippen LogP contribution in [0, 0.1) is 0 Å². The van der Waals surface area contributed by atoms with Crippen LogP contribution in [0.4, 0.5) is 0 Å². The fraction of sp³-hybridized carbons (Fsp3) is 0.667. The second-order valence-electron chi connectivity index (χ2n) is 4.61. The predicted octanol–water partition coefficient (Wildman–Crippen LogP) is -0.0655. The summed E-state index contributed by atoms with van der Waals surface area (Å²) in [4.78, 5) is 10.7. The number of aliphatic hydroxyl groups is 1. The second-order valence-corrected chi connectivity index (χ2v) is 4.61. The summed E-state index contributed by atoms with van der Waals surface area (Å²) in [5.41, 5.74) is 8.10. The molecule has 1 atom stereocenters. The Kier molecular flexibility index (Phi) is 4.42. The van der Waals surface area contributed by atoms with Gasteiger partial charge in [0.2, 0.25) is 0 Å². The van der Waals surface area contributed by atoms with E-state index < -0.39 is 0 Å². The molecule has 3 N–H and O–H groups in total. The molecule has 2 heterocycles.